The van der Waals surface area contributed by atoms with E-state index in [4.69, 9.17) is 0 Å². The molecule has 0 heterocycles. The lowest BCUT2D eigenvalue weighted by Gasteiger charge is -2.07. The lowest BCUT2D eigenvalue weighted by molar-refractivity contribution is 0.102. The molecule has 3 aromatic rings. The molecule has 3 aromatic carbocycles. The van der Waals surface area contributed by atoms with Crippen molar-refractivity contribution in [1.29, 1.82) is 0 Å². The monoisotopic (exact) mass is 315 g/mol. The van der Waals surface area contributed by atoms with E-state index in [2.05, 4.69) is 17.2 Å². The van der Waals surface area contributed by atoms with Gasteiger partial charge in [0.25, 0.3) is 5.91 Å². The molecule has 0 fully saturated rings. The van der Waals surface area contributed by atoms with Crippen LogP contribution in [0, 0.1) is 17.7 Å². The van der Waals surface area contributed by atoms with Crippen LogP contribution in [0.5, 0.6) is 0 Å². The summed E-state index contributed by atoms with van der Waals surface area (Å²) in [5.74, 6) is 5.51. The number of halogens is 1. The van der Waals surface area contributed by atoms with E-state index in [1.54, 1.807) is 30.3 Å². The van der Waals surface area contributed by atoms with Crippen molar-refractivity contribution < 1.29 is 9.18 Å². The second-order valence-corrected chi connectivity index (χ2v) is 5.12. The standard InChI is InChI=1S/C21H14FNO/c22-19-14-11-16(12-15-19)10-13-17-6-4-5-9-20(17)23-21(24)18-7-2-1-3-8-18/h1-9,11-12,14-15H,(H,23,24). The Kier molecular flexibility index (Phi) is 4.69. The maximum Gasteiger partial charge on any atom is 0.255 e. The molecule has 0 saturated heterocycles. The first kappa shape index (κ1) is 15.5. The largest absolute Gasteiger partial charge is 0.321 e. The molecule has 2 nitrogen and oxygen atoms in total. The van der Waals surface area contributed by atoms with Crippen molar-refractivity contribution in [3.05, 3.63) is 101 Å². The van der Waals surface area contributed by atoms with Crippen LogP contribution in [0.4, 0.5) is 10.1 Å². The van der Waals surface area contributed by atoms with Crippen molar-refractivity contribution in [3.8, 4) is 11.8 Å². The van der Waals surface area contributed by atoms with Gasteiger partial charge in [0.2, 0.25) is 0 Å². The molecule has 116 valence electrons. The van der Waals surface area contributed by atoms with Crippen molar-refractivity contribution in [1.82, 2.24) is 0 Å². The predicted octanol–water partition coefficient (Wildman–Crippen LogP) is 4.48. The molecule has 0 unspecified atom stereocenters. The second kappa shape index (κ2) is 7.26. The van der Waals surface area contributed by atoms with Crippen LogP contribution in [0.15, 0.2) is 78.9 Å². The van der Waals surface area contributed by atoms with Gasteiger partial charge in [-0.05, 0) is 48.5 Å². The minimum absolute atomic E-state index is 0.188. The van der Waals surface area contributed by atoms with Gasteiger partial charge in [-0.1, -0.05) is 42.2 Å². The molecule has 0 bridgehead atoms. The Morgan fingerprint density at radius 2 is 1.46 bits per heavy atom. The molecule has 0 aliphatic rings. The fourth-order valence-electron chi connectivity index (χ4n) is 2.16. The van der Waals surface area contributed by atoms with Crippen molar-refractivity contribution in [2.45, 2.75) is 0 Å². The first-order chi connectivity index (χ1) is 11.7. The number of para-hydroxylation sites is 1. The van der Waals surface area contributed by atoms with E-state index < -0.39 is 0 Å². The number of amides is 1. The van der Waals surface area contributed by atoms with Gasteiger partial charge in [-0.2, -0.15) is 0 Å². The molecule has 0 saturated carbocycles. The SMILES string of the molecule is O=C(Nc1ccccc1C#Cc1ccc(F)cc1)c1ccccc1. The molecule has 1 amide bonds. The van der Waals surface area contributed by atoms with Crippen LogP contribution in [0.2, 0.25) is 0 Å². The Bertz CT molecular complexity index is 906. The van der Waals surface area contributed by atoms with Gasteiger partial charge >= 0.3 is 0 Å². The normalized spacial score (nSPS) is 9.71. The molecule has 3 heteroatoms. The average Bonchev–Trinajstić information content (AvgIpc) is 2.63. The highest BCUT2D eigenvalue weighted by Gasteiger charge is 2.07. The van der Waals surface area contributed by atoms with Crippen LogP contribution in [-0.4, -0.2) is 5.91 Å². The number of nitrogens with one attached hydrogen (secondary N) is 1. The maximum atomic E-state index is 12.9. The van der Waals surface area contributed by atoms with Crippen LogP contribution in [0.3, 0.4) is 0 Å². The van der Waals surface area contributed by atoms with E-state index in [0.717, 1.165) is 0 Å². The van der Waals surface area contributed by atoms with Crippen LogP contribution in [0.1, 0.15) is 21.5 Å². The Morgan fingerprint density at radius 3 is 2.21 bits per heavy atom. The highest BCUT2D eigenvalue weighted by Crippen LogP contribution is 2.15. The van der Waals surface area contributed by atoms with E-state index in [9.17, 15) is 9.18 Å². The predicted molar refractivity (Wildman–Crippen MR) is 93.2 cm³/mol. The van der Waals surface area contributed by atoms with Crippen LogP contribution < -0.4 is 5.32 Å². The van der Waals surface area contributed by atoms with Crippen molar-refractivity contribution >= 4 is 11.6 Å². The molecule has 3 rings (SSSR count). The molecular formula is C21H14FNO. The van der Waals surface area contributed by atoms with E-state index in [-0.39, 0.29) is 11.7 Å². The van der Waals surface area contributed by atoms with Gasteiger partial charge in [-0.3, -0.25) is 4.79 Å². The minimum atomic E-state index is -0.295. The summed E-state index contributed by atoms with van der Waals surface area (Å²) >= 11 is 0. The van der Waals surface area contributed by atoms with Gasteiger partial charge in [0.05, 0.1) is 5.69 Å². The first-order valence-electron chi connectivity index (χ1n) is 7.45. The van der Waals surface area contributed by atoms with E-state index in [0.29, 0.717) is 22.4 Å². The Labute approximate surface area is 140 Å². The zero-order valence-electron chi connectivity index (χ0n) is 12.8. The lowest BCUT2D eigenvalue weighted by Crippen LogP contribution is -2.12. The number of anilines is 1. The third kappa shape index (κ3) is 3.88. The molecule has 1 N–H and O–H groups in total. The second-order valence-electron chi connectivity index (χ2n) is 5.12. The minimum Gasteiger partial charge on any atom is -0.321 e. The van der Waals surface area contributed by atoms with E-state index in [1.165, 1.54) is 12.1 Å². The average molecular weight is 315 g/mol. The number of benzene rings is 3. The Hall–Kier alpha value is -3.38. The molecular weight excluding hydrogens is 301 g/mol. The van der Waals surface area contributed by atoms with Gasteiger partial charge in [-0.25, -0.2) is 4.39 Å². The van der Waals surface area contributed by atoms with Gasteiger partial charge < -0.3 is 5.32 Å². The number of carbonyl (C=O) groups excluding carboxylic acids is 1. The van der Waals surface area contributed by atoms with Gasteiger partial charge in [-0.15, -0.1) is 0 Å². The van der Waals surface area contributed by atoms with Crippen molar-refractivity contribution in [2.24, 2.45) is 0 Å². The molecule has 0 radical (unpaired) electrons. The van der Waals surface area contributed by atoms with E-state index >= 15 is 0 Å². The van der Waals surface area contributed by atoms with Crippen LogP contribution >= 0.6 is 0 Å². The smallest absolute Gasteiger partial charge is 0.255 e. The highest BCUT2D eigenvalue weighted by atomic mass is 19.1. The molecule has 0 atom stereocenters. The number of carbonyl (C=O) groups is 1. The highest BCUT2D eigenvalue weighted by molar-refractivity contribution is 6.04. The van der Waals surface area contributed by atoms with Crippen molar-refractivity contribution in [2.75, 3.05) is 5.32 Å². The van der Waals surface area contributed by atoms with Crippen LogP contribution in [-0.2, 0) is 0 Å². The summed E-state index contributed by atoms with van der Waals surface area (Å²) in [5, 5.41) is 2.87. The Balaban J connectivity index is 1.84. The van der Waals surface area contributed by atoms with Crippen molar-refractivity contribution in [3.63, 3.8) is 0 Å². The summed E-state index contributed by atoms with van der Waals surface area (Å²) in [6.07, 6.45) is 0. The third-order valence-electron chi connectivity index (χ3n) is 3.40. The maximum absolute atomic E-state index is 12.9. The molecule has 0 aromatic heterocycles. The molecule has 24 heavy (non-hydrogen) atoms. The summed E-state index contributed by atoms with van der Waals surface area (Å²) < 4.78 is 12.9. The van der Waals surface area contributed by atoms with Gasteiger partial charge in [0.15, 0.2) is 0 Å². The van der Waals surface area contributed by atoms with Gasteiger partial charge in [0, 0.05) is 16.7 Å². The lowest BCUT2D eigenvalue weighted by atomic mass is 10.1. The summed E-state index contributed by atoms with van der Waals surface area (Å²) in [4.78, 5) is 12.3. The first-order valence-corrected chi connectivity index (χ1v) is 7.45. The summed E-state index contributed by atoms with van der Waals surface area (Å²) in [5.41, 5.74) is 2.63. The summed E-state index contributed by atoms with van der Waals surface area (Å²) in [6.45, 7) is 0. The Morgan fingerprint density at radius 1 is 0.792 bits per heavy atom. The number of hydrogen-bond donors (Lipinski definition) is 1. The number of rotatable bonds is 2. The number of hydrogen-bond acceptors (Lipinski definition) is 1. The third-order valence-corrected chi connectivity index (χ3v) is 3.40. The summed E-state index contributed by atoms with van der Waals surface area (Å²) in [6, 6.07) is 22.3. The van der Waals surface area contributed by atoms with Gasteiger partial charge in [0.1, 0.15) is 5.82 Å². The molecule has 0 aliphatic heterocycles. The van der Waals surface area contributed by atoms with E-state index in [1.807, 2.05) is 36.4 Å². The molecule has 0 aliphatic carbocycles. The summed E-state index contributed by atoms with van der Waals surface area (Å²) in [7, 11) is 0. The van der Waals surface area contributed by atoms with Crippen LogP contribution in [0.25, 0.3) is 0 Å². The zero-order valence-corrected chi connectivity index (χ0v) is 12.8. The fourth-order valence-corrected chi connectivity index (χ4v) is 2.16. The molecule has 0 spiro atoms. The zero-order chi connectivity index (χ0) is 16.8. The fraction of sp³-hybridized carbons (Fsp3) is 0. The quantitative estimate of drug-likeness (QED) is 0.694. The topological polar surface area (TPSA) is 29.1 Å².